The van der Waals surface area contributed by atoms with Crippen molar-refractivity contribution in [2.24, 2.45) is 5.41 Å². The molecular weight excluding hydrogens is 294 g/mol. The summed E-state index contributed by atoms with van der Waals surface area (Å²) in [6.45, 7) is 0.671. The van der Waals surface area contributed by atoms with Crippen LogP contribution in [0.4, 0.5) is 0 Å². The maximum Gasteiger partial charge on any atom is 0.230 e. The molecule has 0 heterocycles. The minimum absolute atomic E-state index is 0.0208. The molecule has 18 heavy (non-hydrogen) atoms. The Balaban J connectivity index is 1.88. The molecule has 1 aromatic carbocycles. The standard InChI is InChI=1S/C14H18BrNO2/c1-16(13(18)14(10-17)6-7-14)8-5-11-3-2-4-12(15)9-11/h2-4,9,17H,5-8,10H2,1H3. The molecule has 1 N–H and O–H groups in total. The molecule has 1 amide bonds. The van der Waals surface area contributed by atoms with Gasteiger partial charge in [-0.15, -0.1) is 0 Å². The Bertz CT molecular complexity index is 443. The Labute approximate surface area is 116 Å². The highest BCUT2D eigenvalue weighted by Crippen LogP contribution is 2.46. The Morgan fingerprint density at radius 2 is 2.22 bits per heavy atom. The van der Waals surface area contributed by atoms with Gasteiger partial charge in [-0.1, -0.05) is 28.1 Å². The normalized spacial score (nSPS) is 16.4. The number of hydrogen-bond donors (Lipinski definition) is 1. The predicted molar refractivity (Wildman–Crippen MR) is 74.2 cm³/mol. The quantitative estimate of drug-likeness (QED) is 0.906. The van der Waals surface area contributed by atoms with E-state index in [1.165, 1.54) is 5.56 Å². The van der Waals surface area contributed by atoms with Gasteiger partial charge in [-0.25, -0.2) is 0 Å². The van der Waals surface area contributed by atoms with Crippen molar-refractivity contribution < 1.29 is 9.90 Å². The van der Waals surface area contributed by atoms with Crippen molar-refractivity contribution in [2.75, 3.05) is 20.2 Å². The predicted octanol–water partition coefficient (Wildman–Crippen LogP) is 2.22. The molecule has 1 fully saturated rings. The van der Waals surface area contributed by atoms with Crippen LogP contribution in [0.2, 0.25) is 0 Å². The molecule has 1 aromatic rings. The van der Waals surface area contributed by atoms with Gasteiger partial charge in [0.1, 0.15) is 0 Å². The first-order valence-corrected chi connectivity index (χ1v) is 6.97. The van der Waals surface area contributed by atoms with Gasteiger partial charge in [0, 0.05) is 18.1 Å². The van der Waals surface area contributed by atoms with Crippen LogP contribution in [0.5, 0.6) is 0 Å². The summed E-state index contributed by atoms with van der Waals surface area (Å²) < 4.78 is 1.06. The summed E-state index contributed by atoms with van der Waals surface area (Å²) in [6.07, 6.45) is 2.48. The van der Waals surface area contributed by atoms with Crippen LogP contribution < -0.4 is 0 Å². The molecule has 0 radical (unpaired) electrons. The fraction of sp³-hybridized carbons (Fsp3) is 0.500. The molecule has 2 rings (SSSR count). The van der Waals surface area contributed by atoms with Gasteiger partial charge in [0.25, 0.3) is 0 Å². The first-order chi connectivity index (χ1) is 8.57. The highest BCUT2D eigenvalue weighted by molar-refractivity contribution is 9.10. The van der Waals surface area contributed by atoms with Gasteiger partial charge >= 0.3 is 0 Å². The van der Waals surface area contributed by atoms with E-state index in [1.54, 1.807) is 4.90 Å². The zero-order valence-electron chi connectivity index (χ0n) is 10.5. The molecule has 0 spiro atoms. The molecule has 0 bridgehead atoms. The van der Waals surface area contributed by atoms with Crippen molar-refractivity contribution in [1.29, 1.82) is 0 Å². The van der Waals surface area contributed by atoms with Crippen molar-refractivity contribution in [3.05, 3.63) is 34.3 Å². The Kier molecular flexibility index (Phi) is 4.07. The summed E-state index contributed by atoms with van der Waals surface area (Å²) in [6, 6.07) is 8.11. The van der Waals surface area contributed by atoms with Crippen molar-refractivity contribution >= 4 is 21.8 Å². The number of likely N-dealkylation sites (N-methyl/N-ethyl adjacent to an activating group) is 1. The van der Waals surface area contributed by atoms with E-state index < -0.39 is 5.41 Å². The van der Waals surface area contributed by atoms with Gasteiger partial charge in [-0.2, -0.15) is 0 Å². The molecule has 1 aliphatic carbocycles. The molecule has 98 valence electrons. The third-order valence-electron chi connectivity index (χ3n) is 3.58. The average Bonchev–Trinajstić information content (AvgIpc) is 3.16. The van der Waals surface area contributed by atoms with Crippen molar-refractivity contribution in [3.63, 3.8) is 0 Å². The molecular formula is C14H18BrNO2. The van der Waals surface area contributed by atoms with Crippen LogP contribution in [0, 0.1) is 5.41 Å². The number of carbonyl (C=O) groups is 1. The first kappa shape index (κ1) is 13.6. The van der Waals surface area contributed by atoms with Gasteiger partial charge in [0.05, 0.1) is 12.0 Å². The highest BCUT2D eigenvalue weighted by Gasteiger charge is 2.50. The van der Waals surface area contributed by atoms with Crippen LogP contribution >= 0.6 is 15.9 Å². The SMILES string of the molecule is CN(CCc1cccc(Br)c1)C(=O)C1(CO)CC1. The number of benzene rings is 1. The van der Waals surface area contributed by atoms with Crippen LogP contribution in [0.1, 0.15) is 18.4 Å². The van der Waals surface area contributed by atoms with Crippen LogP contribution in [0.3, 0.4) is 0 Å². The fourth-order valence-corrected chi connectivity index (χ4v) is 2.53. The summed E-state index contributed by atoms with van der Waals surface area (Å²) in [4.78, 5) is 13.8. The molecule has 3 nitrogen and oxygen atoms in total. The zero-order chi connectivity index (χ0) is 13.2. The number of amides is 1. The minimum Gasteiger partial charge on any atom is -0.395 e. The number of nitrogens with zero attached hydrogens (tertiary/aromatic N) is 1. The summed E-state index contributed by atoms with van der Waals surface area (Å²) >= 11 is 3.44. The highest BCUT2D eigenvalue weighted by atomic mass is 79.9. The summed E-state index contributed by atoms with van der Waals surface area (Å²) in [5, 5.41) is 9.24. The van der Waals surface area contributed by atoms with Crippen molar-refractivity contribution in [2.45, 2.75) is 19.3 Å². The second kappa shape index (κ2) is 5.41. The molecule has 0 saturated heterocycles. The van der Waals surface area contributed by atoms with Gasteiger partial charge < -0.3 is 10.0 Å². The smallest absolute Gasteiger partial charge is 0.230 e. The largest absolute Gasteiger partial charge is 0.395 e. The summed E-state index contributed by atoms with van der Waals surface area (Å²) in [5.41, 5.74) is 0.754. The number of rotatable bonds is 5. The molecule has 1 aliphatic rings. The van der Waals surface area contributed by atoms with Crippen LogP contribution in [0.25, 0.3) is 0 Å². The average molecular weight is 312 g/mol. The molecule has 0 aliphatic heterocycles. The van der Waals surface area contributed by atoms with Crippen LogP contribution in [0.15, 0.2) is 28.7 Å². The van der Waals surface area contributed by atoms with E-state index in [-0.39, 0.29) is 12.5 Å². The second-order valence-corrected chi connectivity index (χ2v) is 5.96. The lowest BCUT2D eigenvalue weighted by atomic mass is 10.1. The molecule has 0 aromatic heterocycles. The monoisotopic (exact) mass is 311 g/mol. The van der Waals surface area contributed by atoms with Gasteiger partial charge in [-0.3, -0.25) is 4.79 Å². The minimum atomic E-state index is -0.452. The van der Waals surface area contributed by atoms with Crippen molar-refractivity contribution in [3.8, 4) is 0 Å². The van der Waals surface area contributed by atoms with E-state index in [4.69, 9.17) is 0 Å². The molecule has 1 saturated carbocycles. The van der Waals surface area contributed by atoms with E-state index in [1.807, 2.05) is 19.2 Å². The zero-order valence-corrected chi connectivity index (χ0v) is 12.1. The van der Waals surface area contributed by atoms with E-state index in [9.17, 15) is 9.90 Å². The van der Waals surface area contributed by atoms with E-state index in [0.29, 0.717) is 6.54 Å². The second-order valence-electron chi connectivity index (χ2n) is 5.05. The third kappa shape index (κ3) is 2.93. The van der Waals surface area contributed by atoms with Crippen LogP contribution in [-0.2, 0) is 11.2 Å². The van der Waals surface area contributed by atoms with E-state index >= 15 is 0 Å². The maximum absolute atomic E-state index is 12.1. The van der Waals surface area contributed by atoms with Gasteiger partial charge in [0.15, 0.2) is 0 Å². The fourth-order valence-electron chi connectivity index (χ4n) is 2.09. The number of hydrogen-bond acceptors (Lipinski definition) is 2. The van der Waals surface area contributed by atoms with E-state index in [0.717, 1.165) is 23.7 Å². The summed E-state index contributed by atoms with van der Waals surface area (Å²) in [5.74, 6) is 0.0833. The van der Waals surface area contributed by atoms with Crippen LogP contribution in [-0.4, -0.2) is 36.1 Å². The Morgan fingerprint density at radius 3 is 2.78 bits per heavy atom. The lowest BCUT2D eigenvalue weighted by Gasteiger charge is -2.22. The number of aliphatic hydroxyl groups is 1. The van der Waals surface area contributed by atoms with E-state index in [2.05, 4.69) is 28.1 Å². The first-order valence-electron chi connectivity index (χ1n) is 6.18. The lowest BCUT2D eigenvalue weighted by molar-refractivity contribution is -0.137. The molecule has 4 heteroatoms. The number of carbonyl (C=O) groups excluding carboxylic acids is 1. The van der Waals surface area contributed by atoms with Gasteiger partial charge in [0.2, 0.25) is 5.91 Å². The van der Waals surface area contributed by atoms with Crippen molar-refractivity contribution in [1.82, 2.24) is 4.90 Å². The number of halogens is 1. The molecule has 0 atom stereocenters. The third-order valence-corrected chi connectivity index (χ3v) is 4.07. The molecule has 0 unspecified atom stereocenters. The Hall–Kier alpha value is -0.870. The summed E-state index contributed by atoms with van der Waals surface area (Å²) in [7, 11) is 1.82. The topological polar surface area (TPSA) is 40.5 Å². The maximum atomic E-state index is 12.1. The Morgan fingerprint density at radius 1 is 1.50 bits per heavy atom. The van der Waals surface area contributed by atoms with Gasteiger partial charge in [-0.05, 0) is 37.0 Å². The lowest BCUT2D eigenvalue weighted by Crippen LogP contribution is -2.37. The number of aliphatic hydroxyl groups excluding tert-OH is 1.